The van der Waals surface area contributed by atoms with Crippen LogP contribution in [-0.2, 0) is 9.53 Å². The summed E-state index contributed by atoms with van der Waals surface area (Å²) in [5.74, 6) is -0.439. The van der Waals surface area contributed by atoms with Gasteiger partial charge in [-0.05, 0) is 74.4 Å². The minimum atomic E-state index is -0.355. The predicted octanol–water partition coefficient (Wildman–Crippen LogP) is 4.80. The van der Waals surface area contributed by atoms with Crippen LogP contribution in [0.2, 0.25) is 0 Å². The molecule has 0 unspecified atom stereocenters. The Balaban J connectivity index is 1.34. The van der Waals surface area contributed by atoms with E-state index < -0.39 is 0 Å². The highest BCUT2D eigenvalue weighted by atomic mass is 32.2. The van der Waals surface area contributed by atoms with E-state index in [-0.39, 0.29) is 17.1 Å². The quantitative estimate of drug-likeness (QED) is 0.151. The Hall–Kier alpha value is -3.01. The molecular formula is C29H36N3O4S2+. The van der Waals surface area contributed by atoms with E-state index in [9.17, 15) is 14.4 Å². The van der Waals surface area contributed by atoms with Crippen LogP contribution in [0, 0.1) is 0 Å². The molecule has 2 aromatic carbocycles. The average molecular weight is 555 g/mol. The normalized spacial score (nSPS) is 14.4. The lowest BCUT2D eigenvalue weighted by Crippen LogP contribution is -3.11. The lowest BCUT2D eigenvalue weighted by molar-refractivity contribution is -0.896. The lowest BCUT2D eigenvalue weighted by Gasteiger charge is -2.15. The number of rotatable bonds is 14. The number of unbranched alkanes of at least 4 members (excludes halogenated alkanes) is 2. The van der Waals surface area contributed by atoms with Crippen LogP contribution in [-0.4, -0.2) is 59.8 Å². The molecular weight excluding hydrogens is 518 g/mol. The van der Waals surface area contributed by atoms with Crippen molar-refractivity contribution in [1.82, 2.24) is 4.90 Å². The SMILES string of the molecule is CC[NH+](CC)CCOC(=O)c1ccc(NC(=O)CCCCCN2C(=O)S/C(=C/c3ccccc3)C2=S)cc1. The smallest absolute Gasteiger partial charge is 0.338 e. The molecule has 1 fully saturated rings. The van der Waals surface area contributed by atoms with Crippen LogP contribution in [0.25, 0.3) is 6.08 Å². The summed E-state index contributed by atoms with van der Waals surface area (Å²) < 4.78 is 5.36. The molecule has 202 valence electrons. The number of thioether (sulfide) groups is 1. The minimum Gasteiger partial charge on any atom is -0.456 e. The van der Waals surface area contributed by atoms with Gasteiger partial charge in [0.25, 0.3) is 5.24 Å². The summed E-state index contributed by atoms with van der Waals surface area (Å²) >= 11 is 6.69. The van der Waals surface area contributed by atoms with E-state index in [1.807, 2.05) is 36.4 Å². The summed E-state index contributed by atoms with van der Waals surface area (Å²) in [6.45, 7) is 7.95. The number of hydrogen-bond acceptors (Lipinski definition) is 6. The van der Waals surface area contributed by atoms with Crippen LogP contribution in [0.4, 0.5) is 10.5 Å². The van der Waals surface area contributed by atoms with Crippen LogP contribution >= 0.6 is 24.0 Å². The van der Waals surface area contributed by atoms with E-state index in [1.165, 1.54) is 16.7 Å². The van der Waals surface area contributed by atoms with Crippen LogP contribution < -0.4 is 10.2 Å². The van der Waals surface area contributed by atoms with Gasteiger partial charge in [0.05, 0.1) is 23.6 Å². The third-order valence-corrected chi connectivity index (χ3v) is 7.85. The van der Waals surface area contributed by atoms with Crippen LogP contribution in [0.3, 0.4) is 0 Å². The zero-order chi connectivity index (χ0) is 27.3. The van der Waals surface area contributed by atoms with Crippen molar-refractivity contribution in [2.75, 3.05) is 38.1 Å². The number of nitrogens with zero attached hydrogens (tertiary/aromatic N) is 1. The molecule has 0 radical (unpaired) electrons. The van der Waals surface area contributed by atoms with Gasteiger partial charge in [-0.15, -0.1) is 0 Å². The maximum Gasteiger partial charge on any atom is 0.338 e. The largest absolute Gasteiger partial charge is 0.456 e. The third-order valence-electron chi connectivity index (χ3n) is 6.35. The van der Waals surface area contributed by atoms with Crippen molar-refractivity contribution in [1.29, 1.82) is 0 Å². The molecule has 3 rings (SSSR count). The molecule has 1 aliphatic rings. The van der Waals surface area contributed by atoms with Gasteiger partial charge in [-0.1, -0.05) is 49.0 Å². The summed E-state index contributed by atoms with van der Waals surface area (Å²) in [6, 6.07) is 16.6. The molecule has 38 heavy (non-hydrogen) atoms. The first-order valence-corrected chi connectivity index (χ1v) is 14.3. The maximum absolute atomic E-state index is 12.4. The Kier molecular flexibility index (Phi) is 12.0. The molecule has 2 amide bonds. The van der Waals surface area contributed by atoms with E-state index in [1.54, 1.807) is 29.2 Å². The van der Waals surface area contributed by atoms with Gasteiger partial charge in [-0.2, -0.15) is 0 Å². The fourth-order valence-electron chi connectivity index (χ4n) is 4.01. The monoisotopic (exact) mass is 554 g/mol. The van der Waals surface area contributed by atoms with Gasteiger partial charge in [0.1, 0.15) is 18.1 Å². The molecule has 9 heteroatoms. The highest BCUT2D eigenvalue weighted by Crippen LogP contribution is 2.33. The lowest BCUT2D eigenvalue weighted by atomic mass is 10.1. The fraction of sp³-hybridized carbons (Fsp3) is 0.379. The average Bonchev–Trinajstić information content (AvgIpc) is 3.19. The molecule has 0 aromatic heterocycles. The highest BCUT2D eigenvalue weighted by Gasteiger charge is 2.31. The molecule has 1 heterocycles. The van der Waals surface area contributed by atoms with Crippen LogP contribution in [0.1, 0.15) is 55.5 Å². The van der Waals surface area contributed by atoms with Crippen molar-refractivity contribution >= 4 is 57.8 Å². The Morgan fingerprint density at radius 2 is 1.74 bits per heavy atom. The molecule has 0 bridgehead atoms. The number of esters is 1. The van der Waals surface area contributed by atoms with Crippen molar-refractivity contribution in [3.05, 3.63) is 70.6 Å². The van der Waals surface area contributed by atoms with E-state index in [0.717, 1.165) is 42.9 Å². The summed E-state index contributed by atoms with van der Waals surface area (Å²) in [5, 5.41) is 2.82. The van der Waals surface area contributed by atoms with Crippen LogP contribution in [0.15, 0.2) is 59.5 Å². The van der Waals surface area contributed by atoms with E-state index in [0.29, 0.717) is 42.2 Å². The second kappa shape index (κ2) is 15.4. The Morgan fingerprint density at radius 3 is 2.42 bits per heavy atom. The van der Waals surface area contributed by atoms with Gasteiger partial charge in [0.15, 0.2) is 0 Å². The number of carbonyl (C=O) groups is 3. The predicted molar refractivity (Wildman–Crippen MR) is 157 cm³/mol. The first-order valence-electron chi connectivity index (χ1n) is 13.1. The van der Waals surface area contributed by atoms with Crippen LogP contribution in [0.5, 0.6) is 0 Å². The first kappa shape index (κ1) is 29.5. The highest BCUT2D eigenvalue weighted by molar-refractivity contribution is 8.19. The van der Waals surface area contributed by atoms with E-state index >= 15 is 0 Å². The number of ether oxygens (including phenoxy) is 1. The molecule has 2 N–H and O–H groups in total. The Morgan fingerprint density at radius 1 is 1.03 bits per heavy atom. The summed E-state index contributed by atoms with van der Waals surface area (Å²) in [7, 11) is 0. The number of amides is 2. The van der Waals surface area contributed by atoms with Gasteiger partial charge in [0.2, 0.25) is 5.91 Å². The van der Waals surface area contributed by atoms with Gasteiger partial charge < -0.3 is 15.0 Å². The summed E-state index contributed by atoms with van der Waals surface area (Å²) in [4.78, 5) is 41.3. The van der Waals surface area contributed by atoms with Gasteiger partial charge >= 0.3 is 5.97 Å². The number of thiocarbonyl (C=S) groups is 1. The van der Waals surface area contributed by atoms with Gasteiger partial charge in [-0.25, -0.2) is 4.79 Å². The minimum absolute atomic E-state index is 0.0488. The topological polar surface area (TPSA) is 80.2 Å². The fourth-order valence-corrected chi connectivity index (χ4v) is 5.30. The third kappa shape index (κ3) is 9.08. The standard InChI is InChI=1S/C29H35N3O4S2/c1-3-31(4-2)19-20-36-28(34)23-14-16-24(17-15-23)30-26(33)13-9-6-10-18-32-27(37)25(38-29(32)35)21-22-11-7-5-8-12-22/h5,7-8,11-12,14-17,21H,3-4,6,9-10,13,18-20H2,1-2H3,(H,30,33)/p+1/b25-21+. The van der Waals surface area contributed by atoms with E-state index in [4.69, 9.17) is 17.0 Å². The summed E-state index contributed by atoms with van der Waals surface area (Å²) in [6.07, 6.45) is 4.61. The van der Waals surface area contributed by atoms with E-state index in [2.05, 4.69) is 19.2 Å². The second-order valence-electron chi connectivity index (χ2n) is 9.02. The molecule has 1 aliphatic heterocycles. The van der Waals surface area contributed by atoms with Crippen molar-refractivity contribution < 1.29 is 24.0 Å². The van der Waals surface area contributed by atoms with Gasteiger partial charge in [0, 0.05) is 18.7 Å². The second-order valence-corrected chi connectivity index (χ2v) is 10.4. The number of nitrogens with one attached hydrogen (secondary N) is 2. The number of benzene rings is 2. The Bertz CT molecular complexity index is 1130. The van der Waals surface area contributed by atoms with Crippen molar-refractivity contribution in [2.24, 2.45) is 0 Å². The number of quaternary nitrogens is 1. The Labute approximate surface area is 234 Å². The first-order chi connectivity index (χ1) is 18.4. The molecule has 0 saturated carbocycles. The molecule has 0 atom stereocenters. The van der Waals surface area contributed by atoms with Gasteiger partial charge in [-0.3, -0.25) is 14.5 Å². The molecule has 0 aliphatic carbocycles. The molecule has 1 saturated heterocycles. The number of likely N-dealkylation sites (N-methyl/N-ethyl adjacent to an activating group) is 1. The van der Waals surface area contributed by atoms with Crippen molar-refractivity contribution in [3.8, 4) is 0 Å². The number of hydrogen-bond donors (Lipinski definition) is 2. The van der Waals surface area contributed by atoms with Crippen molar-refractivity contribution in [3.63, 3.8) is 0 Å². The number of carbonyl (C=O) groups excluding carboxylic acids is 3. The number of anilines is 1. The molecule has 7 nitrogen and oxygen atoms in total. The zero-order valence-electron chi connectivity index (χ0n) is 22.0. The maximum atomic E-state index is 12.4. The molecule has 0 spiro atoms. The zero-order valence-corrected chi connectivity index (χ0v) is 23.7. The molecule has 2 aromatic rings. The summed E-state index contributed by atoms with van der Waals surface area (Å²) in [5.41, 5.74) is 2.12. The van der Waals surface area contributed by atoms with Crippen molar-refractivity contribution in [2.45, 2.75) is 39.5 Å².